The van der Waals surface area contributed by atoms with Crippen molar-refractivity contribution >= 4 is 5.97 Å². The molecule has 0 bridgehead atoms. The van der Waals surface area contributed by atoms with E-state index >= 15 is 0 Å². The molecule has 3 nitrogen and oxygen atoms in total. The molecular formula is C15H29NO2. The van der Waals surface area contributed by atoms with Gasteiger partial charge in [-0.3, -0.25) is 9.69 Å². The van der Waals surface area contributed by atoms with E-state index in [1.54, 1.807) is 0 Å². The van der Waals surface area contributed by atoms with Gasteiger partial charge in [0.15, 0.2) is 0 Å². The molecule has 106 valence electrons. The van der Waals surface area contributed by atoms with Gasteiger partial charge in [-0.05, 0) is 37.5 Å². The van der Waals surface area contributed by atoms with Gasteiger partial charge in [-0.15, -0.1) is 0 Å². The smallest absolute Gasteiger partial charge is 0.323 e. The highest BCUT2D eigenvalue weighted by Gasteiger charge is 2.42. The zero-order valence-corrected chi connectivity index (χ0v) is 12.6. The Morgan fingerprint density at radius 3 is 2.17 bits per heavy atom. The SMILES string of the molecule is CCC(CC)N(CC(C)C)C(C(=O)OC)C1CC1. The minimum absolute atomic E-state index is 0.0118. The van der Waals surface area contributed by atoms with E-state index in [0.29, 0.717) is 17.9 Å². The number of nitrogens with zero attached hydrogens (tertiary/aromatic N) is 1. The number of ether oxygens (including phenoxy) is 1. The summed E-state index contributed by atoms with van der Waals surface area (Å²) in [4.78, 5) is 14.5. The van der Waals surface area contributed by atoms with E-state index in [-0.39, 0.29) is 12.0 Å². The summed E-state index contributed by atoms with van der Waals surface area (Å²) in [7, 11) is 1.51. The Hall–Kier alpha value is -0.570. The van der Waals surface area contributed by atoms with Crippen LogP contribution in [0.3, 0.4) is 0 Å². The molecule has 1 unspecified atom stereocenters. The summed E-state index contributed by atoms with van der Waals surface area (Å²) in [6.45, 7) is 9.85. The van der Waals surface area contributed by atoms with Crippen molar-refractivity contribution in [1.82, 2.24) is 4.90 Å². The average molecular weight is 255 g/mol. The van der Waals surface area contributed by atoms with Crippen molar-refractivity contribution in [3.63, 3.8) is 0 Å². The van der Waals surface area contributed by atoms with Crippen LogP contribution in [-0.2, 0) is 9.53 Å². The second-order valence-electron chi connectivity index (χ2n) is 5.87. The molecule has 0 saturated heterocycles. The van der Waals surface area contributed by atoms with E-state index in [4.69, 9.17) is 4.74 Å². The molecule has 1 fully saturated rings. The Morgan fingerprint density at radius 2 is 1.83 bits per heavy atom. The van der Waals surface area contributed by atoms with Crippen LogP contribution in [0.5, 0.6) is 0 Å². The van der Waals surface area contributed by atoms with Gasteiger partial charge < -0.3 is 4.74 Å². The first-order valence-corrected chi connectivity index (χ1v) is 7.38. The number of methoxy groups -OCH3 is 1. The summed E-state index contributed by atoms with van der Waals surface area (Å²) in [5.41, 5.74) is 0. The van der Waals surface area contributed by atoms with Crippen LogP contribution in [0.25, 0.3) is 0 Å². The Bertz CT molecular complexity index is 257. The number of carbonyl (C=O) groups is 1. The number of hydrogen-bond acceptors (Lipinski definition) is 3. The van der Waals surface area contributed by atoms with Gasteiger partial charge in [0.1, 0.15) is 6.04 Å². The molecule has 1 aliphatic rings. The topological polar surface area (TPSA) is 29.5 Å². The minimum Gasteiger partial charge on any atom is -0.468 e. The van der Waals surface area contributed by atoms with Crippen LogP contribution >= 0.6 is 0 Å². The van der Waals surface area contributed by atoms with Crippen molar-refractivity contribution in [2.45, 2.75) is 65.5 Å². The summed E-state index contributed by atoms with van der Waals surface area (Å²) in [6, 6.07) is 0.486. The van der Waals surface area contributed by atoms with Gasteiger partial charge in [0, 0.05) is 12.6 Å². The highest BCUT2D eigenvalue weighted by Crippen LogP contribution is 2.37. The molecule has 0 aromatic carbocycles. The Labute approximate surface area is 112 Å². The van der Waals surface area contributed by atoms with E-state index in [2.05, 4.69) is 32.6 Å². The standard InChI is InChI=1S/C15H29NO2/c1-6-13(7-2)16(10-11(3)4)14(12-8-9-12)15(17)18-5/h11-14H,6-10H2,1-5H3. The maximum Gasteiger partial charge on any atom is 0.323 e. The summed E-state index contributed by atoms with van der Waals surface area (Å²) < 4.78 is 5.03. The lowest BCUT2D eigenvalue weighted by Crippen LogP contribution is -2.50. The summed E-state index contributed by atoms with van der Waals surface area (Å²) in [5, 5.41) is 0. The van der Waals surface area contributed by atoms with Crippen LogP contribution in [0.4, 0.5) is 0 Å². The first-order valence-electron chi connectivity index (χ1n) is 7.38. The minimum atomic E-state index is -0.0370. The molecule has 0 aliphatic heterocycles. The van der Waals surface area contributed by atoms with Gasteiger partial charge in [0.25, 0.3) is 0 Å². The zero-order valence-electron chi connectivity index (χ0n) is 12.6. The monoisotopic (exact) mass is 255 g/mol. The lowest BCUT2D eigenvalue weighted by Gasteiger charge is -2.37. The third-order valence-corrected chi connectivity index (χ3v) is 3.86. The first-order chi connectivity index (χ1) is 8.54. The Kier molecular flexibility index (Phi) is 6.13. The molecule has 0 N–H and O–H groups in total. The second kappa shape index (κ2) is 7.13. The number of hydrogen-bond donors (Lipinski definition) is 0. The number of esters is 1. The largest absolute Gasteiger partial charge is 0.468 e. The van der Waals surface area contributed by atoms with Crippen molar-refractivity contribution in [2.24, 2.45) is 11.8 Å². The second-order valence-corrected chi connectivity index (χ2v) is 5.87. The van der Waals surface area contributed by atoms with Gasteiger partial charge >= 0.3 is 5.97 Å². The molecule has 0 amide bonds. The van der Waals surface area contributed by atoms with E-state index in [0.717, 1.165) is 19.4 Å². The van der Waals surface area contributed by atoms with Gasteiger partial charge in [-0.25, -0.2) is 0 Å². The molecule has 0 aromatic rings. The molecule has 0 spiro atoms. The maximum absolute atomic E-state index is 12.1. The average Bonchev–Trinajstić information content (AvgIpc) is 3.14. The quantitative estimate of drug-likeness (QED) is 0.624. The van der Waals surface area contributed by atoms with Crippen LogP contribution < -0.4 is 0 Å². The molecule has 18 heavy (non-hydrogen) atoms. The van der Waals surface area contributed by atoms with Crippen molar-refractivity contribution < 1.29 is 9.53 Å². The summed E-state index contributed by atoms with van der Waals surface area (Å²) in [6.07, 6.45) is 4.55. The molecular weight excluding hydrogens is 226 g/mol. The fraction of sp³-hybridized carbons (Fsp3) is 0.933. The molecule has 1 atom stereocenters. The lowest BCUT2D eigenvalue weighted by molar-refractivity contribution is -0.149. The predicted molar refractivity (Wildman–Crippen MR) is 74.4 cm³/mol. The van der Waals surface area contributed by atoms with Crippen LogP contribution in [0.15, 0.2) is 0 Å². The lowest BCUT2D eigenvalue weighted by atomic mass is 10.0. The van der Waals surface area contributed by atoms with E-state index in [9.17, 15) is 4.79 Å². The fourth-order valence-corrected chi connectivity index (χ4v) is 2.80. The van der Waals surface area contributed by atoms with Gasteiger partial charge in [-0.2, -0.15) is 0 Å². The predicted octanol–water partition coefficient (Wildman–Crippen LogP) is 3.08. The fourth-order valence-electron chi connectivity index (χ4n) is 2.80. The Morgan fingerprint density at radius 1 is 1.28 bits per heavy atom. The van der Waals surface area contributed by atoms with Gasteiger partial charge in [-0.1, -0.05) is 27.7 Å². The molecule has 1 rings (SSSR count). The van der Waals surface area contributed by atoms with Crippen molar-refractivity contribution in [3.8, 4) is 0 Å². The summed E-state index contributed by atoms with van der Waals surface area (Å²) >= 11 is 0. The normalized spacial score (nSPS) is 17.6. The highest BCUT2D eigenvalue weighted by molar-refractivity contribution is 5.76. The molecule has 0 aromatic heterocycles. The summed E-state index contributed by atoms with van der Waals surface area (Å²) in [5.74, 6) is 1.07. The van der Waals surface area contributed by atoms with Crippen LogP contribution in [0.2, 0.25) is 0 Å². The van der Waals surface area contributed by atoms with Crippen LogP contribution in [0, 0.1) is 11.8 Å². The Balaban J connectivity index is 2.85. The third-order valence-electron chi connectivity index (χ3n) is 3.86. The zero-order chi connectivity index (χ0) is 13.7. The number of carbonyl (C=O) groups excluding carboxylic acids is 1. The molecule has 1 saturated carbocycles. The highest BCUT2D eigenvalue weighted by atomic mass is 16.5. The van der Waals surface area contributed by atoms with Crippen molar-refractivity contribution in [2.75, 3.05) is 13.7 Å². The van der Waals surface area contributed by atoms with Gasteiger partial charge in [0.2, 0.25) is 0 Å². The van der Waals surface area contributed by atoms with Gasteiger partial charge in [0.05, 0.1) is 7.11 Å². The number of rotatable bonds is 8. The van der Waals surface area contributed by atoms with E-state index < -0.39 is 0 Å². The van der Waals surface area contributed by atoms with Crippen LogP contribution in [0.1, 0.15) is 53.4 Å². The molecule has 1 aliphatic carbocycles. The third kappa shape index (κ3) is 3.98. The molecule has 3 heteroatoms. The first kappa shape index (κ1) is 15.5. The molecule has 0 radical (unpaired) electrons. The van der Waals surface area contributed by atoms with Crippen molar-refractivity contribution in [1.29, 1.82) is 0 Å². The maximum atomic E-state index is 12.1. The van der Waals surface area contributed by atoms with E-state index in [1.165, 1.54) is 20.0 Å². The van der Waals surface area contributed by atoms with E-state index in [1.807, 2.05) is 0 Å². The van der Waals surface area contributed by atoms with Crippen molar-refractivity contribution in [3.05, 3.63) is 0 Å². The molecule has 0 heterocycles. The van der Waals surface area contributed by atoms with Crippen LogP contribution in [-0.4, -0.2) is 36.6 Å².